The fraction of sp³-hybridized carbons (Fsp3) is 0.538. The third kappa shape index (κ3) is 1.50. The molecule has 2 aliphatic rings. The fourth-order valence-electron chi connectivity index (χ4n) is 2.79. The first-order chi connectivity index (χ1) is 7.75. The lowest BCUT2D eigenvalue weighted by molar-refractivity contribution is 0.193. The van der Waals surface area contributed by atoms with Gasteiger partial charge in [-0.05, 0) is 30.2 Å². The number of hydrogen-bond acceptors (Lipinski definition) is 2. The molecular formula is C13H16FNO. The van der Waals surface area contributed by atoms with Crippen LogP contribution in [-0.4, -0.2) is 25.8 Å². The minimum absolute atomic E-state index is 0.130. The van der Waals surface area contributed by atoms with E-state index in [1.165, 1.54) is 5.69 Å². The van der Waals surface area contributed by atoms with E-state index in [2.05, 4.69) is 11.8 Å². The number of ether oxygens (including phenoxy) is 1. The molecule has 0 spiro atoms. The molecule has 1 saturated heterocycles. The van der Waals surface area contributed by atoms with E-state index in [-0.39, 0.29) is 5.82 Å². The summed E-state index contributed by atoms with van der Waals surface area (Å²) in [7, 11) is 0. The van der Waals surface area contributed by atoms with E-state index in [1.807, 2.05) is 6.07 Å². The molecule has 0 aliphatic carbocycles. The Labute approximate surface area is 95.0 Å². The van der Waals surface area contributed by atoms with E-state index in [0.29, 0.717) is 12.0 Å². The molecule has 2 aliphatic heterocycles. The molecule has 0 bridgehead atoms. The molecule has 86 valence electrons. The van der Waals surface area contributed by atoms with Crippen LogP contribution in [0.25, 0.3) is 0 Å². The van der Waals surface area contributed by atoms with Gasteiger partial charge in [-0.1, -0.05) is 6.92 Å². The second-order valence-corrected chi connectivity index (χ2v) is 4.77. The van der Waals surface area contributed by atoms with Crippen molar-refractivity contribution in [1.82, 2.24) is 0 Å². The van der Waals surface area contributed by atoms with Crippen LogP contribution in [0.2, 0.25) is 0 Å². The summed E-state index contributed by atoms with van der Waals surface area (Å²) in [5.74, 6) is 0.293. The molecule has 0 radical (unpaired) electrons. The van der Waals surface area contributed by atoms with Gasteiger partial charge < -0.3 is 9.64 Å². The van der Waals surface area contributed by atoms with E-state index in [1.54, 1.807) is 12.1 Å². The molecule has 2 nitrogen and oxygen atoms in total. The first-order valence-electron chi connectivity index (χ1n) is 5.89. The quantitative estimate of drug-likeness (QED) is 0.722. The van der Waals surface area contributed by atoms with Crippen molar-refractivity contribution < 1.29 is 9.13 Å². The number of hydrogen-bond donors (Lipinski definition) is 0. The average molecular weight is 221 g/mol. The Bertz CT molecular complexity index is 401. The number of anilines is 1. The second kappa shape index (κ2) is 3.74. The number of benzene rings is 1. The average Bonchev–Trinajstić information content (AvgIpc) is 2.87. The van der Waals surface area contributed by atoms with Crippen LogP contribution in [0.4, 0.5) is 10.1 Å². The Balaban J connectivity index is 1.95. The first kappa shape index (κ1) is 10.1. The maximum Gasteiger partial charge on any atom is 0.123 e. The first-order valence-corrected chi connectivity index (χ1v) is 5.89. The molecule has 3 rings (SSSR count). The van der Waals surface area contributed by atoms with E-state index < -0.39 is 0 Å². The van der Waals surface area contributed by atoms with Crippen molar-refractivity contribution in [2.75, 3.05) is 24.7 Å². The van der Waals surface area contributed by atoms with Gasteiger partial charge in [-0.3, -0.25) is 0 Å². The van der Waals surface area contributed by atoms with Gasteiger partial charge in [0.15, 0.2) is 0 Å². The Hall–Kier alpha value is -1.09. The van der Waals surface area contributed by atoms with Crippen LogP contribution in [0.15, 0.2) is 18.2 Å². The SMILES string of the molecule is CC1CN([C@@H]2CCOC2)c2ccc(F)cc21. The molecule has 1 aromatic rings. The largest absolute Gasteiger partial charge is 0.379 e. The summed E-state index contributed by atoms with van der Waals surface area (Å²) >= 11 is 0. The smallest absolute Gasteiger partial charge is 0.123 e. The minimum atomic E-state index is -0.130. The van der Waals surface area contributed by atoms with Gasteiger partial charge in [-0.25, -0.2) is 4.39 Å². The molecule has 1 unspecified atom stereocenters. The Morgan fingerprint density at radius 1 is 1.44 bits per heavy atom. The van der Waals surface area contributed by atoms with Crippen LogP contribution in [0.5, 0.6) is 0 Å². The third-order valence-electron chi connectivity index (χ3n) is 3.65. The molecule has 0 saturated carbocycles. The van der Waals surface area contributed by atoms with Gasteiger partial charge in [-0.15, -0.1) is 0 Å². The molecule has 0 amide bonds. The van der Waals surface area contributed by atoms with E-state index in [9.17, 15) is 4.39 Å². The van der Waals surface area contributed by atoms with Crippen LogP contribution in [-0.2, 0) is 4.74 Å². The summed E-state index contributed by atoms with van der Waals surface area (Å²) in [6, 6.07) is 5.62. The van der Waals surface area contributed by atoms with Gasteiger partial charge in [0.2, 0.25) is 0 Å². The molecule has 0 aromatic heterocycles. The minimum Gasteiger partial charge on any atom is -0.379 e. The van der Waals surface area contributed by atoms with Gasteiger partial charge in [0.25, 0.3) is 0 Å². The van der Waals surface area contributed by atoms with Gasteiger partial charge in [-0.2, -0.15) is 0 Å². The predicted octanol–water partition coefficient (Wildman–Crippen LogP) is 2.54. The Morgan fingerprint density at radius 3 is 3.06 bits per heavy atom. The molecule has 2 heterocycles. The van der Waals surface area contributed by atoms with E-state index in [4.69, 9.17) is 4.74 Å². The molecule has 3 heteroatoms. The lowest BCUT2D eigenvalue weighted by atomic mass is 10.0. The fourth-order valence-corrected chi connectivity index (χ4v) is 2.79. The van der Waals surface area contributed by atoms with Crippen molar-refractivity contribution in [3.05, 3.63) is 29.6 Å². The molecule has 1 aromatic carbocycles. The summed E-state index contributed by atoms with van der Waals surface area (Å²) < 4.78 is 18.6. The van der Waals surface area contributed by atoms with Crippen molar-refractivity contribution in [3.63, 3.8) is 0 Å². The molecule has 2 atom stereocenters. The summed E-state index contributed by atoms with van der Waals surface area (Å²) in [6.07, 6.45) is 1.09. The standard InChI is InChI=1S/C13H16FNO/c1-9-7-15(11-4-5-16-8-11)13-3-2-10(14)6-12(9)13/h2-3,6,9,11H,4-5,7-8H2,1H3/t9?,11-/m1/s1. The van der Waals surface area contributed by atoms with Crippen molar-refractivity contribution >= 4 is 5.69 Å². The van der Waals surface area contributed by atoms with Crippen molar-refractivity contribution in [1.29, 1.82) is 0 Å². The van der Waals surface area contributed by atoms with Crippen molar-refractivity contribution in [3.8, 4) is 0 Å². The van der Waals surface area contributed by atoms with Gasteiger partial charge in [0.05, 0.1) is 12.6 Å². The monoisotopic (exact) mass is 221 g/mol. The zero-order valence-electron chi connectivity index (χ0n) is 9.45. The van der Waals surface area contributed by atoms with Gasteiger partial charge in [0.1, 0.15) is 5.82 Å². The lowest BCUT2D eigenvalue weighted by Crippen LogP contribution is -2.34. The number of nitrogens with zero attached hydrogens (tertiary/aromatic N) is 1. The van der Waals surface area contributed by atoms with Crippen LogP contribution in [0.1, 0.15) is 24.8 Å². The van der Waals surface area contributed by atoms with Crippen LogP contribution >= 0.6 is 0 Å². The summed E-state index contributed by atoms with van der Waals surface area (Å²) in [5.41, 5.74) is 2.34. The summed E-state index contributed by atoms with van der Waals surface area (Å²) in [6.45, 7) is 4.82. The highest BCUT2D eigenvalue weighted by molar-refractivity contribution is 5.61. The topological polar surface area (TPSA) is 12.5 Å². The number of halogens is 1. The predicted molar refractivity (Wildman–Crippen MR) is 61.4 cm³/mol. The van der Waals surface area contributed by atoms with Crippen LogP contribution in [0, 0.1) is 5.82 Å². The van der Waals surface area contributed by atoms with Crippen molar-refractivity contribution in [2.45, 2.75) is 25.3 Å². The molecular weight excluding hydrogens is 205 g/mol. The van der Waals surface area contributed by atoms with Crippen LogP contribution < -0.4 is 4.90 Å². The summed E-state index contributed by atoms with van der Waals surface area (Å²) in [5, 5.41) is 0. The van der Waals surface area contributed by atoms with E-state index >= 15 is 0 Å². The highest BCUT2D eigenvalue weighted by atomic mass is 19.1. The highest BCUT2D eigenvalue weighted by Crippen LogP contribution is 2.38. The van der Waals surface area contributed by atoms with Gasteiger partial charge in [0, 0.05) is 24.8 Å². The second-order valence-electron chi connectivity index (χ2n) is 4.77. The summed E-state index contributed by atoms with van der Waals surface area (Å²) in [4.78, 5) is 2.38. The van der Waals surface area contributed by atoms with Crippen LogP contribution in [0.3, 0.4) is 0 Å². The van der Waals surface area contributed by atoms with Gasteiger partial charge >= 0.3 is 0 Å². The maximum absolute atomic E-state index is 13.2. The van der Waals surface area contributed by atoms with E-state index in [0.717, 1.165) is 31.7 Å². The third-order valence-corrected chi connectivity index (χ3v) is 3.65. The number of rotatable bonds is 1. The molecule has 1 fully saturated rings. The molecule has 16 heavy (non-hydrogen) atoms. The normalized spacial score (nSPS) is 28.5. The Kier molecular flexibility index (Phi) is 2.36. The number of fused-ring (bicyclic) bond motifs is 1. The zero-order valence-corrected chi connectivity index (χ0v) is 9.45. The highest BCUT2D eigenvalue weighted by Gasteiger charge is 2.32. The van der Waals surface area contributed by atoms with Crippen molar-refractivity contribution in [2.24, 2.45) is 0 Å². The lowest BCUT2D eigenvalue weighted by Gasteiger charge is -2.25. The Morgan fingerprint density at radius 2 is 2.31 bits per heavy atom. The maximum atomic E-state index is 13.2. The zero-order chi connectivity index (χ0) is 11.1. The molecule has 0 N–H and O–H groups in total.